The largest absolute Gasteiger partial charge is 0.481 e. The molecule has 0 atom stereocenters. The molecule has 1 fully saturated rings. The van der Waals surface area contributed by atoms with Crippen LogP contribution in [0.1, 0.15) is 6.42 Å². The summed E-state index contributed by atoms with van der Waals surface area (Å²) in [6, 6.07) is 4.88. The van der Waals surface area contributed by atoms with Crippen molar-refractivity contribution in [2.45, 2.75) is 6.42 Å². The second-order valence-electron chi connectivity index (χ2n) is 4.26. The molecule has 0 radical (unpaired) electrons. The van der Waals surface area contributed by atoms with E-state index in [1.54, 1.807) is 12.1 Å². The minimum Gasteiger partial charge on any atom is -0.481 e. The molecule has 1 saturated heterocycles. The zero-order chi connectivity index (χ0) is 13.3. The zero-order valence-electron chi connectivity index (χ0n) is 9.38. The van der Waals surface area contributed by atoms with Crippen LogP contribution in [0.3, 0.4) is 0 Å². The van der Waals surface area contributed by atoms with Gasteiger partial charge in [0.25, 0.3) is 5.69 Å². The summed E-state index contributed by atoms with van der Waals surface area (Å²) in [5.74, 6) is -0.754. The van der Waals surface area contributed by atoms with Gasteiger partial charge in [-0.3, -0.25) is 14.9 Å². The van der Waals surface area contributed by atoms with Gasteiger partial charge in [-0.2, -0.15) is 0 Å². The van der Waals surface area contributed by atoms with Gasteiger partial charge >= 0.3 is 5.97 Å². The molecular weight excluding hydrogens is 304 g/mol. The van der Waals surface area contributed by atoms with E-state index in [2.05, 4.69) is 15.9 Å². The lowest BCUT2D eigenvalue weighted by Gasteiger charge is -2.40. The Labute approximate surface area is 111 Å². The molecule has 7 heteroatoms. The van der Waals surface area contributed by atoms with Gasteiger partial charge in [0.2, 0.25) is 0 Å². The summed E-state index contributed by atoms with van der Waals surface area (Å²) in [7, 11) is 0. The molecule has 0 bridgehead atoms. The molecule has 1 aromatic rings. The second kappa shape index (κ2) is 4.93. The highest BCUT2D eigenvalue weighted by molar-refractivity contribution is 9.10. The summed E-state index contributed by atoms with van der Waals surface area (Å²) in [5, 5.41) is 19.6. The molecule has 0 aromatic heterocycles. The number of hydrogen-bond donors (Lipinski definition) is 1. The summed E-state index contributed by atoms with van der Waals surface area (Å²) in [5.41, 5.74) is 0.586. The first kappa shape index (κ1) is 12.8. The fourth-order valence-electron chi connectivity index (χ4n) is 2.05. The maximum absolute atomic E-state index is 10.9. The van der Waals surface area contributed by atoms with Crippen LogP contribution in [0.5, 0.6) is 0 Å². The molecule has 1 aliphatic heterocycles. The van der Waals surface area contributed by atoms with Crippen LogP contribution < -0.4 is 4.90 Å². The Hall–Kier alpha value is -1.63. The smallest absolute Gasteiger partial charge is 0.303 e. The lowest BCUT2D eigenvalue weighted by Crippen LogP contribution is -2.47. The molecule has 18 heavy (non-hydrogen) atoms. The number of hydrogen-bond acceptors (Lipinski definition) is 4. The molecule has 1 aliphatic rings. The highest BCUT2D eigenvalue weighted by Gasteiger charge is 2.32. The Morgan fingerprint density at radius 3 is 2.78 bits per heavy atom. The number of halogens is 1. The van der Waals surface area contributed by atoms with Crippen LogP contribution in [0.2, 0.25) is 0 Å². The first-order valence-electron chi connectivity index (χ1n) is 5.38. The van der Waals surface area contributed by atoms with E-state index >= 15 is 0 Å². The van der Waals surface area contributed by atoms with Crippen molar-refractivity contribution < 1.29 is 14.8 Å². The molecular formula is C11H11BrN2O4. The molecule has 0 amide bonds. The minimum atomic E-state index is -0.829. The van der Waals surface area contributed by atoms with Crippen molar-refractivity contribution in [3.8, 4) is 0 Å². The Balaban J connectivity index is 2.11. The number of nitro groups is 1. The van der Waals surface area contributed by atoms with Gasteiger partial charge in [-0.05, 0) is 12.1 Å². The zero-order valence-corrected chi connectivity index (χ0v) is 11.0. The molecule has 0 unspecified atom stereocenters. The number of anilines is 1. The third-order valence-electron chi connectivity index (χ3n) is 2.90. The molecule has 0 aliphatic carbocycles. The summed E-state index contributed by atoms with van der Waals surface area (Å²) >= 11 is 3.20. The van der Waals surface area contributed by atoms with E-state index < -0.39 is 10.9 Å². The van der Waals surface area contributed by atoms with Crippen LogP contribution in [0.25, 0.3) is 0 Å². The van der Waals surface area contributed by atoms with E-state index in [0.29, 0.717) is 23.2 Å². The van der Waals surface area contributed by atoms with Crippen LogP contribution >= 0.6 is 15.9 Å². The minimum absolute atomic E-state index is 0.0400. The van der Waals surface area contributed by atoms with Gasteiger partial charge in [0.15, 0.2) is 0 Å². The summed E-state index contributed by atoms with van der Waals surface area (Å²) in [6.07, 6.45) is 0.112. The standard InChI is InChI=1S/C11H11BrN2O4/c12-8-1-2-9(10(4-8)14(17)18)13-5-7(6-13)3-11(15)16/h1-2,4,7H,3,5-6H2,(H,15,16). The van der Waals surface area contributed by atoms with E-state index in [0.717, 1.165) is 0 Å². The summed E-state index contributed by atoms with van der Waals surface area (Å²) in [6.45, 7) is 1.10. The topological polar surface area (TPSA) is 83.7 Å². The molecule has 96 valence electrons. The molecule has 1 aromatic carbocycles. The van der Waals surface area contributed by atoms with Crippen molar-refractivity contribution in [1.29, 1.82) is 0 Å². The predicted molar refractivity (Wildman–Crippen MR) is 68.8 cm³/mol. The first-order chi connectivity index (χ1) is 8.47. The van der Waals surface area contributed by atoms with Gasteiger partial charge in [0.05, 0.1) is 11.3 Å². The molecule has 1 heterocycles. The van der Waals surface area contributed by atoms with Gasteiger partial charge in [-0.1, -0.05) is 15.9 Å². The average Bonchev–Trinajstić information content (AvgIpc) is 2.23. The lowest BCUT2D eigenvalue weighted by molar-refractivity contribution is -0.384. The average molecular weight is 315 g/mol. The lowest BCUT2D eigenvalue weighted by atomic mass is 9.95. The molecule has 2 rings (SSSR count). The van der Waals surface area contributed by atoms with Crippen molar-refractivity contribution in [3.63, 3.8) is 0 Å². The van der Waals surface area contributed by atoms with E-state index in [1.165, 1.54) is 6.07 Å². The predicted octanol–water partition coefficient (Wildman–Crippen LogP) is 2.27. The van der Waals surface area contributed by atoms with E-state index in [9.17, 15) is 14.9 Å². The van der Waals surface area contributed by atoms with Crippen LogP contribution in [-0.4, -0.2) is 29.1 Å². The van der Waals surface area contributed by atoms with Crippen LogP contribution in [-0.2, 0) is 4.79 Å². The normalized spacial score (nSPS) is 15.3. The van der Waals surface area contributed by atoms with Gasteiger partial charge in [-0.25, -0.2) is 0 Å². The fourth-order valence-corrected chi connectivity index (χ4v) is 2.40. The van der Waals surface area contributed by atoms with Gasteiger partial charge in [0.1, 0.15) is 5.69 Å². The van der Waals surface area contributed by atoms with E-state index in [-0.39, 0.29) is 18.0 Å². The van der Waals surface area contributed by atoms with Gasteiger partial charge in [0, 0.05) is 29.5 Å². The number of carboxylic acid groups (broad SMARTS) is 1. The highest BCUT2D eigenvalue weighted by Crippen LogP contribution is 2.35. The van der Waals surface area contributed by atoms with Crippen LogP contribution in [0, 0.1) is 16.0 Å². The number of carboxylic acids is 1. The van der Waals surface area contributed by atoms with Gasteiger partial charge < -0.3 is 10.0 Å². The monoisotopic (exact) mass is 314 g/mol. The first-order valence-corrected chi connectivity index (χ1v) is 6.17. The number of nitrogens with zero attached hydrogens (tertiary/aromatic N) is 2. The Morgan fingerprint density at radius 2 is 2.22 bits per heavy atom. The van der Waals surface area contributed by atoms with Crippen molar-refractivity contribution in [2.75, 3.05) is 18.0 Å². The number of benzene rings is 1. The summed E-state index contributed by atoms with van der Waals surface area (Å²) < 4.78 is 0.653. The molecule has 0 spiro atoms. The van der Waals surface area contributed by atoms with Crippen molar-refractivity contribution in [3.05, 3.63) is 32.8 Å². The van der Waals surface area contributed by atoms with Crippen molar-refractivity contribution in [2.24, 2.45) is 5.92 Å². The molecule has 1 N–H and O–H groups in total. The third kappa shape index (κ3) is 2.61. The van der Waals surface area contributed by atoms with E-state index in [4.69, 9.17) is 5.11 Å². The van der Waals surface area contributed by atoms with Crippen LogP contribution in [0.4, 0.5) is 11.4 Å². The number of carbonyl (C=O) groups is 1. The molecule has 0 saturated carbocycles. The Kier molecular flexibility index (Phi) is 3.51. The van der Waals surface area contributed by atoms with Crippen LogP contribution in [0.15, 0.2) is 22.7 Å². The van der Waals surface area contributed by atoms with Crippen molar-refractivity contribution in [1.82, 2.24) is 0 Å². The molecule has 6 nitrogen and oxygen atoms in total. The third-order valence-corrected chi connectivity index (χ3v) is 3.39. The number of aliphatic carboxylic acids is 1. The Morgan fingerprint density at radius 1 is 1.56 bits per heavy atom. The summed E-state index contributed by atoms with van der Waals surface area (Å²) in [4.78, 5) is 22.9. The quantitative estimate of drug-likeness (QED) is 0.680. The van der Waals surface area contributed by atoms with Gasteiger partial charge in [-0.15, -0.1) is 0 Å². The Bertz CT molecular complexity index is 500. The SMILES string of the molecule is O=C(O)CC1CN(c2ccc(Br)cc2[N+](=O)[O-])C1. The highest BCUT2D eigenvalue weighted by atomic mass is 79.9. The fraction of sp³-hybridized carbons (Fsp3) is 0.364. The van der Waals surface area contributed by atoms with Crippen molar-refractivity contribution >= 4 is 33.3 Å². The maximum atomic E-state index is 10.9. The number of rotatable bonds is 4. The maximum Gasteiger partial charge on any atom is 0.303 e. The number of nitro benzene ring substituents is 1. The second-order valence-corrected chi connectivity index (χ2v) is 5.17. The van der Waals surface area contributed by atoms with E-state index in [1.807, 2.05) is 4.90 Å².